The third-order valence-electron chi connectivity index (χ3n) is 1.76. The summed E-state index contributed by atoms with van der Waals surface area (Å²) in [5.74, 6) is 0. The third kappa shape index (κ3) is 3.99. The van der Waals surface area contributed by atoms with E-state index in [9.17, 15) is 0 Å². The molecule has 0 atom stereocenters. The van der Waals surface area contributed by atoms with Crippen molar-refractivity contribution >= 4 is 23.2 Å². The zero-order valence-electron chi connectivity index (χ0n) is 7.61. The monoisotopic (exact) mass is 217 g/mol. The van der Waals surface area contributed by atoms with Gasteiger partial charge in [0, 0.05) is 10.0 Å². The van der Waals surface area contributed by atoms with Crippen molar-refractivity contribution in [2.45, 2.75) is 13.3 Å². The van der Waals surface area contributed by atoms with E-state index in [-0.39, 0.29) is 0 Å². The van der Waals surface area contributed by atoms with E-state index in [0.29, 0.717) is 10.0 Å². The molecule has 3 heteroatoms. The molecule has 0 aliphatic carbocycles. The summed E-state index contributed by atoms with van der Waals surface area (Å²) in [6.07, 6.45) is 0.966. The molecular formula is C10H13Cl2N. The first kappa shape index (κ1) is 10.8. The number of halogens is 2. The van der Waals surface area contributed by atoms with Crippen LogP contribution in [0.15, 0.2) is 18.2 Å². The van der Waals surface area contributed by atoms with Crippen LogP contribution in [0.1, 0.15) is 12.5 Å². The molecule has 72 valence electrons. The Kier molecular flexibility index (Phi) is 4.57. The number of likely N-dealkylation sites (N-methyl/N-ethyl adjacent to an activating group) is 1. The maximum Gasteiger partial charge on any atom is 0.0423 e. The van der Waals surface area contributed by atoms with Gasteiger partial charge in [-0.05, 0) is 43.3 Å². The largest absolute Gasteiger partial charge is 0.317 e. The molecule has 1 nitrogen and oxygen atoms in total. The molecule has 1 N–H and O–H groups in total. The van der Waals surface area contributed by atoms with Crippen LogP contribution in [0.2, 0.25) is 10.0 Å². The summed E-state index contributed by atoms with van der Waals surface area (Å²) < 4.78 is 0. The second kappa shape index (κ2) is 5.48. The highest BCUT2D eigenvalue weighted by Gasteiger charge is 1.97. The summed E-state index contributed by atoms with van der Waals surface area (Å²) in [4.78, 5) is 0. The van der Waals surface area contributed by atoms with Gasteiger partial charge in [0.25, 0.3) is 0 Å². The molecule has 0 saturated carbocycles. The normalized spacial score (nSPS) is 10.4. The Labute approximate surface area is 89.0 Å². The van der Waals surface area contributed by atoms with Crippen LogP contribution < -0.4 is 5.32 Å². The Morgan fingerprint density at radius 1 is 1.15 bits per heavy atom. The lowest BCUT2D eigenvalue weighted by atomic mass is 10.1. The first-order valence-corrected chi connectivity index (χ1v) is 5.13. The summed E-state index contributed by atoms with van der Waals surface area (Å²) in [5, 5.41) is 4.66. The molecule has 0 radical (unpaired) electrons. The summed E-state index contributed by atoms with van der Waals surface area (Å²) >= 11 is 11.7. The molecule has 0 spiro atoms. The Bertz CT molecular complexity index is 253. The standard InChI is InChI=1S/C10H13Cl2N/c1-2-13-4-3-8-5-9(11)7-10(12)6-8/h5-7,13H,2-4H2,1H3. The molecule has 0 saturated heterocycles. The molecule has 0 aliphatic rings. The Morgan fingerprint density at radius 2 is 1.77 bits per heavy atom. The van der Waals surface area contributed by atoms with Crippen molar-refractivity contribution in [2.24, 2.45) is 0 Å². The second-order valence-electron chi connectivity index (χ2n) is 2.88. The van der Waals surface area contributed by atoms with Crippen molar-refractivity contribution in [3.63, 3.8) is 0 Å². The highest BCUT2D eigenvalue weighted by atomic mass is 35.5. The molecule has 13 heavy (non-hydrogen) atoms. The Hall–Kier alpha value is -0.240. The molecule has 0 unspecified atom stereocenters. The highest BCUT2D eigenvalue weighted by molar-refractivity contribution is 6.34. The van der Waals surface area contributed by atoms with Crippen LogP contribution in [0.3, 0.4) is 0 Å². The molecule has 0 bridgehead atoms. The fourth-order valence-electron chi connectivity index (χ4n) is 1.16. The predicted molar refractivity (Wildman–Crippen MR) is 58.7 cm³/mol. The lowest BCUT2D eigenvalue weighted by Gasteiger charge is -2.03. The van der Waals surface area contributed by atoms with Crippen molar-refractivity contribution < 1.29 is 0 Å². The maximum atomic E-state index is 5.86. The van der Waals surface area contributed by atoms with Crippen LogP contribution in [0.25, 0.3) is 0 Å². The van der Waals surface area contributed by atoms with Gasteiger partial charge in [-0.15, -0.1) is 0 Å². The van der Waals surface area contributed by atoms with Gasteiger partial charge in [-0.2, -0.15) is 0 Å². The van der Waals surface area contributed by atoms with E-state index in [1.165, 1.54) is 5.56 Å². The smallest absolute Gasteiger partial charge is 0.0423 e. The van der Waals surface area contributed by atoms with Gasteiger partial charge in [-0.25, -0.2) is 0 Å². The van der Waals surface area contributed by atoms with Gasteiger partial charge in [0.05, 0.1) is 0 Å². The SMILES string of the molecule is CCNCCc1cc(Cl)cc(Cl)c1. The fourth-order valence-corrected chi connectivity index (χ4v) is 1.74. The van der Waals surface area contributed by atoms with Crippen LogP contribution in [0, 0.1) is 0 Å². The zero-order valence-corrected chi connectivity index (χ0v) is 9.12. The number of nitrogens with one attached hydrogen (secondary N) is 1. The average molecular weight is 218 g/mol. The van der Waals surface area contributed by atoms with Gasteiger partial charge in [-0.1, -0.05) is 30.1 Å². The first-order valence-electron chi connectivity index (χ1n) is 4.38. The van der Waals surface area contributed by atoms with Crippen molar-refractivity contribution in [1.29, 1.82) is 0 Å². The fraction of sp³-hybridized carbons (Fsp3) is 0.400. The van der Waals surface area contributed by atoms with E-state index < -0.39 is 0 Å². The molecular weight excluding hydrogens is 205 g/mol. The van der Waals surface area contributed by atoms with Crippen LogP contribution in [-0.4, -0.2) is 13.1 Å². The van der Waals surface area contributed by atoms with Gasteiger partial charge in [0.15, 0.2) is 0 Å². The minimum atomic E-state index is 0.707. The van der Waals surface area contributed by atoms with Crippen LogP contribution in [0.4, 0.5) is 0 Å². The van der Waals surface area contributed by atoms with Crippen molar-refractivity contribution in [3.05, 3.63) is 33.8 Å². The molecule has 0 fully saturated rings. The molecule has 0 heterocycles. The van der Waals surface area contributed by atoms with E-state index >= 15 is 0 Å². The minimum Gasteiger partial charge on any atom is -0.317 e. The minimum absolute atomic E-state index is 0.707. The van der Waals surface area contributed by atoms with Gasteiger partial charge in [0.2, 0.25) is 0 Å². The molecule has 1 rings (SSSR count). The Morgan fingerprint density at radius 3 is 2.31 bits per heavy atom. The maximum absolute atomic E-state index is 5.86. The lowest BCUT2D eigenvalue weighted by molar-refractivity contribution is 0.716. The van der Waals surface area contributed by atoms with E-state index in [4.69, 9.17) is 23.2 Å². The van der Waals surface area contributed by atoms with E-state index in [1.54, 1.807) is 6.07 Å². The van der Waals surface area contributed by atoms with E-state index in [1.807, 2.05) is 12.1 Å². The van der Waals surface area contributed by atoms with E-state index in [2.05, 4.69) is 12.2 Å². The van der Waals surface area contributed by atoms with Gasteiger partial charge >= 0.3 is 0 Å². The Balaban J connectivity index is 2.56. The average Bonchev–Trinajstić information content (AvgIpc) is 2.03. The number of hydrogen-bond donors (Lipinski definition) is 1. The number of rotatable bonds is 4. The second-order valence-corrected chi connectivity index (χ2v) is 3.75. The van der Waals surface area contributed by atoms with Gasteiger partial charge in [-0.3, -0.25) is 0 Å². The molecule has 0 amide bonds. The third-order valence-corrected chi connectivity index (χ3v) is 2.20. The van der Waals surface area contributed by atoms with Crippen molar-refractivity contribution in [3.8, 4) is 0 Å². The first-order chi connectivity index (χ1) is 6.22. The van der Waals surface area contributed by atoms with Crippen molar-refractivity contribution in [2.75, 3.05) is 13.1 Å². The summed E-state index contributed by atoms with van der Waals surface area (Å²) in [6.45, 7) is 4.05. The highest BCUT2D eigenvalue weighted by Crippen LogP contribution is 2.18. The predicted octanol–water partition coefficient (Wildman–Crippen LogP) is 3.15. The molecule has 0 aliphatic heterocycles. The van der Waals surface area contributed by atoms with E-state index in [0.717, 1.165) is 19.5 Å². The molecule has 1 aromatic rings. The quantitative estimate of drug-likeness (QED) is 0.765. The zero-order chi connectivity index (χ0) is 9.68. The van der Waals surface area contributed by atoms with Gasteiger partial charge < -0.3 is 5.32 Å². The topological polar surface area (TPSA) is 12.0 Å². The molecule has 0 aromatic heterocycles. The number of hydrogen-bond acceptors (Lipinski definition) is 1. The number of benzene rings is 1. The van der Waals surface area contributed by atoms with Crippen LogP contribution in [-0.2, 0) is 6.42 Å². The van der Waals surface area contributed by atoms with Crippen LogP contribution in [0.5, 0.6) is 0 Å². The van der Waals surface area contributed by atoms with Crippen LogP contribution >= 0.6 is 23.2 Å². The molecule has 1 aromatic carbocycles. The van der Waals surface area contributed by atoms with Gasteiger partial charge in [0.1, 0.15) is 0 Å². The summed E-state index contributed by atoms with van der Waals surface area (Å²) in [7, 11) is 0. The summed E-state index contributed by atoms with van der Waals surface area (Å²) in [5.41, 5.74) is 1.18. The summed E-state index contributed by atoms with van der Waals surface area (Å²) in [6, 6.07) is 5.65. The van der Waals surface area contributed by atoms with Crippen molar-refractivity contribution in [1.82, 2.24) is 5.32 Å². The lowest BCUT2D eigenvalue weighted by Crippen LogP contribution is -2.15.